The number of halogens is 1. The predicted octanol–water partition coefficient (Wildman–Crippen LogP) is 1.41. The van der Waals surface area contributed by atoms with Gasteiger partial charge in [-0.15, -0.1) is 0 Å². The monoisotopic (exact) mass is 263 g/mol. The van der Waals surface area contributed by atoms with Crippen LogP contribution in [0.25, 0.3) is 0 Å². The van der Waals surface area contributed by atoms with E-state index in [0.29, 0.717) is 12.2 Å². The van der Waals surface area contributed by atoms with E-state index >= 15 is 0 Å². The van der Waals surface area contributed by atoms with Crippen molar-refractivity contribution in [2.24, 2.45) is 0 Å². The van der Waals surface area contributed by atoms with Gasteiger partial charge < -0.3 is 16.0 Å². The number of aromatic nitrogens is 3. The molecule has 0 radical (unpaired) electrons. The molecule has 1 atom stereocenters. The second-order valence-electron chi connectivity index (χ2n) is 4.00. The van der Waals surface area contributed by atoms with Crippen molar-refractivity contribution in [3.8, 4) is 0 Å². The maximum Gasteiger partial charge on any atom is 0.255 e. The van der Waals surface area contributed by atoms with E-state index in [-0.39, 0.29) is 17.4 Å². The first kappa shape index (κ1) is 13.0. The number of nitrogen functional groups attached to an aromatic ring is 1. The van der Waals surface area contributed by atoms with Crippen LogP contribution in [-0.2, 0) is 0 Å². The van der Waals surface area contributed by atoms with Crippen molar-refractivity contribution in [3.63, 3.8) is 0 Å². The van der Waals surface area contributed by atoms with Gasteiger partial charge in [0.15, 0.2) is 0 Å². The quantitative estimate of drug-likeness (QED) is 0.776. The molecule has 0 saturated carbocycles. The normalized spacial score (nSPS) is 12.1. The molecule has 4 N–H and O–H groups in total. The maximum absolute atomic E-state index is 13.1. The SMILES string of the molecule is CCC(NC(=O)c1cc(F)cnc1N)c1ncc[nH]1. The average molecular weight is 263 g/mol. The minimum absolute atomic E-state index is 0.00630. The van der Waals surface area contributed by atoms with Gasteiger partial charge in [-0.1, -0.05) is 6.92 Å². The zero-order valence-corrected chi connectivity index (χ0v) is 10.4. The number of hydrogen-bond donors (Lipinski definition) is 3. The van der Waals surface area contributed by atoms with Crippen LogP contribution >= 0.6 is 0 Å². The van der Waals surface area contributed by atoms with Crippen LogP contribution in [0.2, 0.25) is 0 Å². The van der Waals surface area contributed by atoms with Crippen molar-refractivity contribution in [2.45, 2.75) is 19.4 Å². The summed E-state index contributed by atoms with van der Waals surface area (Å²) >= 11 is 0. The lowest BCUT2D eigenvalue weighted by molar-refractivity contribution is 0.0934. The molecule has 0 bridgehead atoms. The number of hydrogen-bond acceptors (Lipinski definition) is 4. The zero-order chi connectivity index (χ0) is 13.8. The van der Waals surface area contributed by atoms with Gasteiger partial charge in [0.1, 0.15) is 17.5 Å². The first-order valence-electron chi connectivity index (χ1n) is 5.83. The molecule has 7 heteroatoms. The van der Waals surface area contributed by atoms with Crippen LogP contribution in [-0.4, -0.2) is 20.9 Å². The number of anilines is 1. The Morgan fingerprint density at radius 3 is 3.00 bits per heavy atom. The fourth-order valence-corrected chi connectivity index (χ4v) is 1.70. The summed E-state index contributed by atoms with van der Waals surface area (Å²) in [6.07, 6.45) is 4.88. The Bertz CT molecular complexity index is 570. The van der Waals surface area contributed by atoms with E-state index in [1.165, 1.54) is 0 Å². The molecule has 6 nitrogen and oxygen atoms in total. The number of carbonyl (C=O) groups is 1. The van der Waals surface area contributed by atoms with Gasteiger partial charge in [0, 0.05) is 12.4 Å². The number of amides is 1. The molecule has 2 rings (SSSR count). The fourth-order valence-electron chi connectivity index (χ4n) is 1.70. The molecule has 2 aromatic rings. The number of H-pyrrole nitrogens is 1. The summed E-state index contributed by atoms with van der Waals surface area (Å²) in [4.78, 5) is 22.7. The van der Waals surface area contributed by atoms with E-state index in [9.17, 15) is 9.18 Å². The topological polar surface area (TPSA) is 96.7 Å². The first-order chi connectivity index (χ1) is 9.11. The second kappa shape index (κ2) is 5.47. The Morgan fingerprint density at radius 2 is 2.37 bits per heavy atom. The third-order valence-corrected chi connectivity index (χ3v) is 2.69. The second-order valence-corrected chi connectivity index (χ2v) is 4.00. The minimum Gasteiger partial charge on any atom is -0.383 e. The van der Waals surface area contributed by atoms with E-state index in [4.69, 9.17) is 5.73 Å². The van der Waals surface area contributed by atoms with E-state index in [1.807, 2.05) is 6.92 Å². The lowest BCUT2D eigenvalue weighted by Crippen LogP contribution is -2.29. The van der Waals surface area contributed by atoms with Gasteiger partial charge in [-0.05, 0) is 12.5 Å². The van der Waals surface area contributed by atoms with Crippen LogP contribution in [0.4, 0.5) is 10.2 Å². The third kappa shape index (κ3) is 2.87. The lowest BCUT2D eigenvalue weighted by Gasteiger charge is -2.15. The molecular formula is C12H14FN5O. The van der Waals surface area contributed by atoms with Gasteiger partial charge in [0.25, 0.3) is 5.91 Å². The molecule has 2 aromatic heterocycles. The Balaban J connectivity index is 2.18. The van der Waals surface area contributed by atoms with E-state index < -0.39 is 11.7 Å². The van der Waals surface area contributed by atoms with Crippen LogP contribution in [0.15, 0.2) is 24.7 Å². The summed E-state index contributed by atoms with van der Waals surface area (Å²) in [6.45, 7) is 1.90. The summed E-state index contributed by atoms with van der Waals surface area (Å²) in [7, 11) is 0. The van der Waals surface area contributed by atoms with Gasteiger partial charge in [-0.2, -0.15) is 0 Å². The van der Waals surface area contributed by atoms with Crippen molar-refractivity contribution in [3.05, 3.63) is 41.9 Å². The summed E-state index contributed by atoms with van der Waals surface area (Å²) < 4.78 is 13.1. The standard InChI is InChI=1S/C12H14FN5O/c1-2-9(11-15-3-4-16-11)18-12(19)8-5-7(13)6-17-10(8)14/h3-6,9H,2H2,1H3,(H2,14,17)(H,15,16)(H,18,19). The molecule has 0 aliphatic heterocycles. The Hall–Kier alpha value is -2.44. The number of nitrogens with zero attached hydrogens (tertiary/aromatic N) is 2. The molecule has 1 amide bonds. The molecule has 0 aliphatic rings. The highest BCUT2D eigenvalue weighted by Gasteiger charge is 2.18. The molecule has 0 aliphatic carbocycles. The van der Waals surface area contributed by atoms with E-state index in [1.54, 1.807) is 12.4 Å². The number of carbonyl (C=O) groups excluding carboxylic acids is 1. The van der Waals surface area contributed by atoms with Crippen molar-refractivity contribution in [1.82, 2.24) is 20.3 Å². The van der Waals surface area contributed by atoms with Gasteiger partial charge in [-0.3, -0.25) is 4.79 Å². The number of rotatable bonds is 4. The molecule has 2 heterocycles. The average Bonchev–Trinajstić information content (AvgIpc) is 2.92. The molecule has 0 saturated heterocycles. The Kier molecular flexibility index (Phi) is 3.74. The maximum atomic E-state index is 13.1. The van der Waals surface area contributed by atoms with Gasteiger partial charge >= 0.3 is 0 Å². The lowest BCUT2D eigenvalue weighted by atomic mass is 10.1. The predicted molar refractivity (Wildman–Crippen MR) is 67.7 cm³/mol. The minimum atomic E-state index is -0.606. The molecular weight excluding hydrogens is 249 g/mol. The van der Waals surface area contributed by atoms with Crippen molar-refractivity contribution in [2.75, 3.05) is 5.73 Å². The number of aromatic amines is 1. The van der Waals surface area contributed by atoms with Crippen LogP contribution in [0.5, 0.6) is 0 Å². The number of nitrogens with one attached hydrogen (secondary N) is 2. The van der Waals surface area contributed by atoms with E-state index in [2.05, 4.69) is 20.3 Å². The van der Waals surface area contributed by atoms with Crippen molar-refractivity contribution in [1.29, 1.82) is 0 Å². The van der Waals surface area contributed by atoms with Crippen LogP contribution in [0, 0.1) is 5.82 Å². The molecule has 1 unspecified atom stereocenters. The van der Waals surface area contributed by atoms with Gasteiger partial charge in [0.05, 0.1) is 17.8 Å². The third-order valence-electron chi connectivity index (χ3n) is 2.69. The van der Waals surface area contributed by atoms with Crippen LogP contribution in [0.3, 0.4) is 0 Å². The molecule has 19 heavy (non-hydrogen) atoms. The molecule has 0 fully saturated rings. The van der Waals surface area contributed by atoms with Gasteiger partial charge in [-0.25, -0.2) is 14.4 Å². The van der Waals surface area contributed by atoms with Crippen LogP contribution < -0.4 is 11.1 Å². The fraction of sp³-hybridized carbons (Fsp3) is 0.250. The summed E-state index contributed by atoms with van der Waals surface area (Å²) in [5.41, 5.74) is 5.58. The number of imidazole rings is 1. The highest BCUT2D eigenvalue weighted by atomic mass is 19.1. The summed E-state index contributed by atoms with van der Waals surface area (Å²) in [5.74, 6) is -0.454. The Morgan fingerprint density at radius 1 is 1.58 bits per heavy atom. The van der Waals surface area contributed by atoms with Gasteiger partial charge in [0.2, 0.25) is 0 Å². The van der Waals surface area contributed by atoms with Crippen molar-refractivity contribution < 1.29 is 9.18 Å². The Labute approximate surface area is 109 Å². The highest BCUT2D eigenvalue weighted by molar-refractivity contribution is 5.98. The largest absolute Gasteiger partial charge is 0.383 e. The summed E-state index contributed by atoms with van der Waals surface area (Å²) in [5, 5.41) is 2.73. The smallest absolute Gasteiger partial charge is 0.255 e. The van der Waals surface area contributed by atoms with Crippen LogP contribution in [0.1, 0.15) is 35.6 Å². The molecule has 0 aromatic carbocycles. The van der Waals surface area contributed by atoms with Crippen molar-refractivity contribution >= 4 is 11.7 Å². The molecule has 0 spiro atoms. The molecule has 100 valence electrons. The summed E-state index contributed by atoms with van der Waals surface area (Å²) in [6, 6.07) is 0.775. The first-order valence-corrected chi connectivity index (χ1v) is 5.83. The van der Waals surface area contributed by atoms with E-state index in [0.717, 1.165) is 12.3 Å². The zero-order valence-electron chi connectivity index (χ0n) is 10.4. The number of nitrogens with two attached hydrogens (primary N) is 1. The highest BCUT2D eigenvalue weighted by Crippen LogP contribution is 2.15. The number of pyridine rings is 1.